The molecule has 3 aromatic carbocycles. The van der Waals surface area contributed by atoms with E-state index in [-0.39, 0.29) is 5.91 Å². The van der Waals surface area contributed by atoms with Gasteiger partial charge < -0.3 is 4.90 Å². The predicted octanol–water partition coefficient (Wildman–Crippen LogP) is 5.13. The summed E-state index contributed by atoms with van der Waals surface area (Å²) in [5.74, 6) is -0.274. The second-order valence-electron chi connectivity index (χ2n) is 6.30. The van der Waals surface area contributed by atoms with E-state index in [0.29, 0.717) is 10.6 Å². The number of carbonyl (C=O) groups excluding carboxylic acids is 1. The van der Waals surface area contributed by atoms with Crippen LogP contribution in [0, 0.1) is 0 Å². The van der Waals surface area contributed by atoms with Gasteiger partial charge in [0.05, 0.1) is 6.21 Å². The van der Waals surface area contributed by atoms with Crippen molar-refractivity contribution in [2.24, 2.45) is 5.10 Å². The first-order valence-corrected chi connectivity index (χ1v) is 9.51. The molecule has 4 nitrogen and oxygen atoms in total. The first kappa shape index (κ1) is 19.6. The largest absolute Gasteiger partial charge is 0.367 e. The second-order valence-corrected chi connectivity index (χ2v) is 6.73. The molecule has 1 N–H and O–H groups in total. The van der Waals surface area contributed by atoms with Gasteiger partial charge in [-0.15, -0.1) is 0 Å². The summed E-state index contributed by atoms with van der Waals surface area (Å²) in [5, 5.41) is 4.62. The Morgan fingerprint density at radius 3 is 2.32 bits per heavy atom. The van der Waals surface area contributed by atoms with Gasteiger partial charge in [0.2, 0.25) is 0 Å². The van der Waals surface area contributed by atoms with Crippen molar-refractivity contribution in [3.8, 4) is 0 Å². The molecule has 0 bridgehead atoms. The zero-order chi connectivity index (χ0) is 19.8. The Labute approximate surface area is 170 Å². The lowest BCUT2D eigenvalue weighted by molar-refractivity contribution is 0.0955. The van der Waals surface area contributed by atoms with Crippen molar-refractivity contribution in [1.82, 2.24) is 5.43 Å². The van der Waals surface area contributed by atoms with Gasteiger partial charge in [0.15, 0.2) is 0 Å². The lowest BCUT2D eigenvalue weighted by atomic mass is 10.1. The SMILES string of the molecule is CCN(Cc1ccccc1)c1ccc(/C=N\NC(=O)c2ccc(Cl)cc2)cc1. The Kier molecular flexibility index (Phi) is 6.82. The van der Waals surface area contributed by atoms with Crippen molar-refractivity contribution in [3.63, 3.8) is 0 Å². The second kappa shape index (κ2) is 9.72. The van der Waals surface area contributed by atoms with E-state index in [4.69, 9.17) is 11.6 Å². The molecule has 0 radical (unpaired) electrons. The molecule has 5 heteroatoms. The molecule has 3 aromatic rings. The number of halogens is 1. The van der Waals surface area contributed by atoms with Crippen molar-refractivity contribution in [2.75, 3.05) is 11.4 Å². The summed E-state index contributed by atoms with van der Waals surface area (Å²) in [6.45, 7) is 3.92. The van der Waals surface area contributed by atoms with Gasteiger partial charge in [-0.3, -0.25) is 4.79 Å². The lowest BCUT2D eigenvalue weighted by Gasteiger charge is -2.23. The fraction of sp³-hybridized carbons (Fsp3) is 0.130. The molecule has 142 valence electrons. The van der Waals surface area contributed by atoms with Crippen LogP contribution in [0.5, 0.6) is 0 Å². The molecule has 0 aromatic heterocycles. The number of hydrogen-bond donors (Lipinski definition) is 1. The van der Waals surface area contributed by atoms with E-state index in [9.17, 15) is 4.79 Å². The van der Waals surface area contributed by atoms with Gasteiger partial charge in [0.25, 0.3) is 5.91 Å². The van der Waals surface area contributed by atoms with Gasteiger partial charge in [-0.25, -0.2) is 5.43 Å². The number of rotatable bonds is 7. The summed E-state index contributed by atoms with van der Waals surface area (Å²) in [4.78, 5) is 14.3. The smallest absolute Gasteiger partial charge is 0.271 e. The van der Waals surface area contributed by atoms with Gasteiger partial charge in [0.1, 0.15) is 0 Å². The van der Waals surface area contributed by atoms with E-state index in [2.05, 4.69) is 58.7 Å². The number of amides is 1. The van der Waals surface area contributed by atoms with Gasteiger partial charge >= 0.3 is 0 Å². The van der Waals surface area contributed by atoms with E-state index < -0.39 is 0 Å². The Morgan fingerprint density at radius 1 is 1.00 bits per heavy atom. The van der Waals surface area contributed by atoms with E-state index in [1.165, 1.54) is 5.56 Å². The molecule has 0 aliphatic rings. The van der Waals surface area contributed by atoms with E-state index >= 15 is 0 Å². The van der Waals surface area contributed by atoms with Crippen LogP contribution in [0.2, 0.25) is 5.02 Å². The number of hydrogen-bond acceptors (Lipinski definition) is 3. The molecular weight excluding hydrogens is 370 g/mol. The van der Waals surface area contributed by atoms with Crippen LogP contribution in [0.15, 0.2) is 84.0 Å². The van der Waals surface area contributed by atoms with Crippen LogP contribution in [-0.2, 0) is 6.54 Å². The maximum absolute atomic E-state index is 12.0. The molecular formula is C23H22ClN3O. The van der Waals surface area contributed by atoms with Crippen LogP contribution in [-0.4, -0.2) is 18.7 Å². The van der Waals surface area contributed by atoms with Gasteiger partial charge in [-0.05, 0) is 54.4 Å². The molecule has 0 saturated carbocycles. The highest BCUT2D eigenvalue weighted by atomic mass is 35.5. The molecule has 0 atom stereocenters. The van der Waals surface area contributed by atoms with Crippen molar-refractivity contribution in [3.05, 3.63) is 101 Å². The molecule has 0 aliphatic carbocycles. The summed E-state index contributed by atoms with van der Waals surface area (Å²) in [5.41, 5.74) is 6.37. The monoisotopic (exact) mass is 391 g/mol. The summed E-state index contributed by atoms with van der Waals surface area (Å²) in [6, 6.07) is 25.2. The number of hydrazone groups is 1. The summed E-state index contributed by atoms with van der Waals surface area (Å²) < 4.78 is 0. The molecule has 0 heterocycles. The minimum atomic E-state index is -0.274. The topological polar surface area (TPSA) is 44.7 Å². The Bertz CT molecular complexity index is 922. The number of benzene rings is 3. The molecule has 3 rings (SSSR count). The van der Waals surface area contributed by atoms with Crippen molar-refractivity contribution in [1.29, 1.82) is 0 Å². The first-order chi connectivity index (χ1) is 13.7. The van der Waals surface area contributed by atoms with Crippen LogP contribution in [0.3, 0.4) is 0 Å². The third-order valence-corrected chi connectivity index (χ3v) is 4.59. The third-order valence-electron chi connectivity index (χ3n) is 4.34. The van der Waals surface area contributed by atoms with Gasteiger partial charge in [-0.1, -0.05) is 54.1 Å². The number of nitrogens with one attached hydrogen (secondary N) is 1. The molecule has 0 unspecified atom stereocenters. The standard InChI is InChI=1S/C23H22ClN3O/c1-2-27(17-19-6-4-3-5-7-19)22-14-8-18(9-15-22)16-25-26-23(28)20-10-12-21(24)13-11-20/h3-16H,2,17H2,1H3,(H,26,28)/b25-16-. The fourth-order valence-electron chi connectivity index (χ4n) is 2.79. The normalized spacial score (nSPS) is 10.8. The van der Waals surface area contributed by atoms with Crippen LogP contribution >= 0.6 is 11.6 Å². The maximum atomic E-state index is 12.0. The Morgan fingerprint density at radius 2 is 1.68 bits per heavy atom. The third kappa shape index (κ3) is 5.44. The predicted molar refractivity (Wildman–Crippen MR) is 116 cm³/mol. The summed E-state index contributed by atoms with van der Waals surface area (Å²) >= 11 is 5.83. The highest BCUT2D eigenvalue weighted by Gasteiger charge is 2.05. The highest BCUT2D eigenvalue weighted by Crippen LogP contribution is 2.17. The number of nitrogens with zero attached hydrogens (tertiary/aromatic N) is 2. The number of anilines is 1. The Balaban J connectivity index is 1.59. The van der Waals surface area contributed by atoms with Crippen LogP contribution in [0.25, 0.3) is 0 Å². The van der Waals surface area contributed by atoms with Crippen LogP contribution < -0.4 is 10.3 Å². The van der Waals surface area contributed by atoms with Gasteiger partial charge in [0, 0.05) is 29.4 Å². The van der Waals surface area contributed by atoms with Crippen LogP contribution in [0.4, 0.5) is 5.69 Å². The van der Waals surface area contributed by atoms with Crippen molar-refractivity contribution < 1.29 is 4.79 Å². The average Bonchev–Trinajstić information content (AvgIpc) is 2.74. The summed E-state index contributed by atoms with van der Waals surface area (Å²) in [7, 11) is 0. The highest BCUT2D eigenvalue weighted by molar-refractivity contribution is 6.30. The minimum absolute atomic E-state index is 0.274. The molecule has 1 amide bonds. The van der Waals surface area contributed by atoms with Crippen molar-refractivity contribution >= 4 is 29.4 Å². The minimum Gasteiger partial charge on any atom is -0.367 e. The van der Waals surface area contributed by atoms with Crippen molar-refractivity contribution in [2.45, 2.75) is 13.5 Å². The molecule has 0 aliphatic heterocycles. The van der Waals surface area contributed by atoms with E-state index in [0.717, 1.165) is 24.3 Å². The maximum Gasteiger partial charge on any atom is 0.271 e. The average molecular weight is 392 g/mol. The van der Waals surface area contributed by atoms with Crippen LogP contribution in [0.1, 0.15) is 28.4 Å². The molecule has 0 fully saturated rings. The quantitative estimate of drug-likeness (QED) is 0.448. The van der Waals surface area contributed by atoms with E-state index in [1.54, 1.807) is 30.5 Å². The summed E-state index contributed by atoms with van der Waals surface area (Å²) in [6.07, 6.45) is 1.63. The molecule has 0 spiro atoms. The van der Waals surface area contributed by atoms with Gasteiger partial charge in [-0.2, -0.15) is 5.10 Å². The fourth-order valence-corrected chi connectivity index (χ4v) is 2.92. The Hall–Kier alpha value is -3.11. The zero-order valence-electron chi connectivity index (χ0n) is 15.7. The molecule has 28 heavy (non-hydrogen) atoms. The lowest BCUT2D eigenvalue weighted by Crippen LogP contribution is -2.21. The van der Waals surface area contributed by atoms with E-state index in [1.807, 2.05) is 18.2 Å². The first-order valence-electron chi connectivity index (χ1n) is 9.13. The zero-order valence-corrected chi connectivity index (χ0v) is 16.4. The molecule has 0 saturated heterocycles. The number of carbonyl (C=O) groups is 1.